The molecular weight excluding hydrogens is 573 g/mol. The van der Waals surface area contributed by atoms with Crippen LogP contribution in [0.1, 0.15) is 6.42 Å². The van der Waals surface area contributed by atoms with Gasteiger partial charge >= 0.3 is 5.97 Å². The third-order valence-electron chi connectivity index (χ3n) is 5.24. The van der Waals surface area contributed by atoms with E-state index in [9.17, 15) is 23.1 Å². The fourth-order valence-corrected chi connectivity index (χ4v) is 6.30. The van der Waals surface area contributed by atoms with Crippen molar-refractivity contribution in [2.24, 2.45) is 0 Å². The number of nitrogens with zero attached hydrogens (tertiary/aromatic N) is 2. The third-order valence-corrected chi connectivity index (χ3v) is 8.88. The van der Waals surface area contributed by atoms with Gasteiger partial charge in [-0.3, -0.25) is 14.9 Å². The zero-order chi connectivity index (χ0) is 26.0. The molecule has 0 aliphatic carbocycles. The molecule has 0 spiro atoms. The molecule has 1 aliphatic rings. The molecule has 1 aliphatic heterocycles. The summed E-state index contributed by atoms with van der Waals surface area (Å²) in [6, 6.07) is 9.15. The second-order valence-corrected chi connectivity index (χ2v) is 11.8. The van der Waals surface area contributed by atoms with Crippen LogP contribution in [0, 0.1) is 0 Å². The lowest BCUT2D eigenvalue weighted by Gasteiger charge is -2.22. The summed E-state index contributed by atoms with van der Waals surface area (Å²) >= 11 is 18.9. The molecule has 0 saturated carbocycles. The van der Waals surface area contributed by atoms with E-state index in [0.717, 1.165) is 15.6 Å². The second-order valence-electron chi connectivity index (χ2n) is 7.76. The molecule has 190 valence electrons. The minimum absolute atomic E-state index is 0.0851. The van der Waals surface area contributed by atoms with E-state index in [4.69, 9.17) is 39.5 Å². The second kappa shape index (κ2) is 11.0. The first kappa shape index (κ1) is 26.8. The van der Waals surface area contributed by atoms with Crippen molar-refractivity contribution in [3.63, 3.8) is 0 Å². The number of esters is 1. The zero-order valence-electron chi connectivity index (χ0n) is 18.2. The number of aliphatic hydroxyl groups is 1. The molecule has 0 bridgehead atoms. The van der Waals surface area contributed by atoms with Crippen molar-refractivity contribution in [2.75, 3.05) is 18.5 Å². The van der Waals surface area contributed by atoms with Crippen LogP contribution in [0.2, 0.25) is 15.1 Å². The molecule has 2 N–H and O–H groups in total. The smallest absolute Gasteiger partial charge is 0.325 e. The highest BCUT2D eigenvalue weighted by Gasteiger charge is 2.44. The number of ether oxygens (including phenoxy) is 1. The minimum atomic E-state index is -4.11. The maximum absolute atomic E-state index is 13.0. The number of amides is 1. The Morgan fingerprint density at radius 3 is 2.56 bits per heavy atom. The first-order chi connectivity index (χ1) is 17.0. The fourth-order valence-electron chi connectivity index (χ4n) is 3.51. The molecule has 2 atom stereocenters. The Balaban J connectivity index is 1.37. The number of rotatable bonds is 7. The number of hydrogen-bond acceptors (Lipinski definition) is 8. The summed E-state index contributed by atoms with van der Waals surface area (Å²) in [7, 11) is -4.11. The zero-order valence-corrected chi connectivity index (χ0v) is 22.1. The highest BCUT2D eigenvalue weighted by atomic mass is 35.5. The number of β-amino-alcohol motifs (C(OH)–C–C–N with tert-alkyl or cyclic N) is 1. The van der Waals surface area contributed by atoms with E-state index >= 15 is 0 Å². The summed E-state index contributed by atoms with van der Waals surface area (Å²) < 4.78 is 31.9. The summed E-state index contributed by atoms with van der Waals surface area (Å²) in [6.45, 7) is -0.949. The predicted molar refractivity (Wildman–Crippen MR) is 137 cm³/mol. The van der Waals surface area contributed by atoms with Crippen LogP contribution in [0.5, 0.6) is 0 Å². The molecule has 4 rings (SSSR count). The number of hydrogen-bond donors (Lipinski definition) is 2. The van der Waals surface area contributed by atoms with Crippen LogP contribution >= 0.6 is 46.1 Å². The topological polar surface area (TPSA) is 126 Å². The van der Waals surface area contributed by atoms with Gasteiger partial charge in [0.25, 0.3) is 5.91 Å². The third kappa shape index (κ3) is 6.00. The van der Waals surface area contributed by atoms with Gasteiger partial charge in [0.15, 0.2) is 11.7 Å². The van der Waals surface area contributed by atoms with Gasteiger partial charge in [0.05, 0.1) is 26.7 Å². The first-order valence-corrected chi connectivity index (χ1v) is 13.8. The molecular formula is C22H18Cl3N3O6S2. The maximum Gasteiger partial charge on any atom is 0.325 e. The van der Waals surface area contributed by atoms with Gasteiger partial charge in [0.2, 0.25) is 10.0 Å². The Morgan fingerprint density at radius 1 is 1.14 bits per heavy atom. The lowest BCUT2D eigenvalue weighted by Crippen LogP contribution is -2.42. The predicted octanol–water partition coefficient (Wildman–Crippen LogP) is 4.08. The molecule has 2 aromatic carbocycles. The van der Waals surface area contributed by atoms with Crippen LogP contribution in [-0.2, 0) is 24.3 Å². The molecule has 1 amide bonds. The SMILES string of the molecule is O=C(COC(=O)C1CC(O)CN1S(=O)(=O)c1ccc(Cl)cc1)Nc1nc(-c2ccc(Cl)c(Cl)c2)cs1. The van der Waals surface area contributed by atoms with E-state index in [1.165, 1.54) is 24.3 Å². The van der Waals surface area contributed by atoms with Gasteiger partial charge in [0, 0.05) is 28.9 Å². The van der Waals surface area contributed by atoms with Crippen molar-refractivity contribution in [3.05, 3.63) is 62.9 Å². The van der Waals surface area contributed by atoms with Gasteiger partial charge in [-0.25, -0.2) is 13.4 Å². The van der Waals surface area contributed by atoms with Crippen molar-refractivity contribution in [2.45, 2.75) is 23.5 Å². The van der Waals surface area contributed by atoms with Crippen LogP contribution in [0.4, 0.5) is 5.13 Å². The average molecular weight is 591 g/mol. The summed E-state index contributed by atoms with van der Waals surface area (Å²) in [5, 5.41) is 15.7. The Labute approximate surface area is 225 Å². The molecule has 1 saturated heterocycles. The van der Waals surface area contributed by atoms with Gasteiger partial charge in [0.1, 0.15) is 6.04 Å². The number of anilines is 1. The van der Waals surface area contributed by atoms with Gasteiger partial charge < -0.3 is 9.84 Å². The summed E-state index contributed by atoms with van der Waals surface area (Å²) in [4.78, 5) is 29.2. The highest BCUT2D eigenvalue weighted by Crippen LogP contribution is 2.31. The maximum atomic E-state index is 13.0. The minimum Gasteiger partial charge on any atom is -0.454 e. The van der Waals surface area contributed by atoms with Crippen molar-refractivity contribution >= 4 is 73.2 Å². The fraction of sp³-hybridized carbons (Fsp3) is 0.227. The lowest BCUT2D eigenvalue weighted by molar-refractivity contribution is -0.150. The van der Waals surface area contributed by atoms with E-state index in [0.29, 0.717) is 26.3 Å². The quantitative estimate of drug-likeness (QED) is 0.397. The van der Waals surface area contributed by atoms with E-state index in [2.05, 4.69) is 10.3 Å². The molecule has 9 nitrogen and oxygen atoms in total. The number of aliphatic hydroxyl groups excluding tert-OH is 1. The monoisotopic (exact) mass is 589 g/mol. The number of nitrogens with one attached hydrogen (secondary N) is 1. The van der Waals surface area contributed by atoms with Crippen LogP contribution in [0.3, 0.4) is 0 Å². The van der Waals surface area contributed by atoms with Gasteiger partial charge in [-0.05, 0) is 36.4 Å². The number of benzene rings is 2. The molecule has 1 fully saturated rings. The summed E-state index contributed by atoms with van der Waals surface area (Å²) in [6.07, 6.45) is -1.22. The van der Waals surface area contributed by atoms with E-state index < -0.39 is 40.7 Å². The molecule has 2 heterocycles. The van der Waals surface area contributed by atoms with Crippen LogP contribution in [-0.4, -0.2) is 60.0 Å². The van der Waals surface area contributed by atoms with E-state index in [-0.39, 0.29) is 23.0 Å². The van der Waals surface area contributed by atoms with Crippen molar-refractivity contribution in [1.82, 2.24) is 9.29 Å². The number of carbonyl (C=O) groups excluding carboxylic acids is 2. The number of thiazole rings is 1. The first-order valence-electron chi connectivity index (χ1n) is 10.4. The number of sulfonamides is 1. The number of aromatic nitrogens is 1. The Hall–Kier alpha value is -2.25. The molecule has 0 radical (unpaired) electrons. The van der Waals surface area contributed by atoms with Crippen LogP contribution in [0.15, 0.2) is 52.7 Å². The number of carbonyl (C=O) groups is 2. The van der Waals surface area contributed by atoms with Crippen LogP contribution in [0.25, 0.3) is 11.3 Å². The van der Waals surface area contributed by atoms with Gasteiger partial charge in [-0.1, -0.05) is 40.9 Å². The Bertz CT molecular complexity index is 1400. The van der Waals surface area contributed by atoms with E-state index in [1.54, 1.807) is 23.6 Å². The Kier molecular flexibility index (Phi) is 8.20. The van der Waals surface area contributed by atoms with Crippen LogP contribution < -0.4 is 5.32 Å². The summed E-state index contributed by atoms with van der Waals surface area (Å²) in [5.41, 5.74) is 1.27. The largest absolute Gasteiger partial charge is 0.454 e. The van der Waals surface area contributed by atoms with E-state index in [1.807, 2.05) is 0 Å². The molecule has 2 unspecified atom stereocenters. The van der Waals surface area contributed by atoms with Crippen molar-refractivity contribution in [1.29, 1.82) is 0 Å². The average Bonchev–Trinajstić information content (AvgIpc) is 3.46. The lowest BCUT2D eigenvalue weighted by atomic mass is 10.2. The van der Waals surface area contributed by atoms with Gasteiger partial charge in [-0.2, -0.15) is 4.31 Å². The number of halogens is 3. The molecule has 3 aromatic rings. The summed E-state index contributed by atoms with van der Waals surface area (Å²) in [5.74, 6) is -1.61. The van der Waals surface area contributed by atoms with Gasteiger partial charge in [-0.15, -0.1) is 11.3 Å². The normalized spacial score (nSPS) is 18.2. The Morgan fingerprint density at radius 2 is 1.86 bits per heavy atom. The molecule has 1 aromatic heterocycles. The highest BCUT2D eigenvalue weighted by molar-refractivity contribution is 7.89. The standard InChI is InChI=1S/C22H18Cl3N3O6S2/c23-13-2-4-15(5-3-13)36(32,33)28-9-14(29)8-19(28)21(31)34-10-20(30)27-22-26-18(11-35-22)12-1-6-16(24)17(25)7-12/h1-7,11,14,19,29H,8-10H2,(H,26,27,30). The van der Waals surface area contributed by atoms with Crippen molar-refractivity contribution < 1.29 is 27.9 Å². The molecule has 36 heavy (non-hydrogen) atoms. The molecule has 14 heteroatoms. The van der Waals surface area contributed by atoms with Crippen molar-refractivity contribution in [3.8, 4) is 11.3 Å².